The average Bonchev–Trinajstić information content (AvgIpc) is 2.63. The molecule has 4 heteroatoms. The summed E-state index contributed by atoms with van der Waals surface area (Å²) in [6, 6.07) is 15.8. The third-order valence-corrected chi connectivity index (χ3v) is 4.06. The molecule has 3 aromatic rings. The Morgan fingerprint density at radius 1 is 1.16 bits per heavy atom. The van der Waals surface area contributed by atoms with Gasteiger partial charge in [0, 0.05) is 17.5 Å². The molecule has 0 aliphatic rings. The highest BCUT2D eigenvalue weighted by molar-refractivity contribution is 6.04. The van der Waals surface area contributed by atoms with Crippen LogP contribution < -0.4 is 10.1 Å². The molecule has 0 atom stereocenters. The lowest BCUT2D eigenvalue weighted by atomic mass is 10.1. The molecule has 0 aliphatic carbocycles. The predicted molar refractivity (Wildman–Crippen MR) is 101 cm³/mol. The number of hydrogen-bond donors (Lipinski definition) is 1. The van der Waals surface area contributed by atoms with E-state index in [0.29, 0.717) is 6.61 Å². The molecule has 1 N–H and O–H groups in total. The number of carbonyl (C=O) groups excluding carboxylic acids is 1. The summed E-state index contributed by atoms with van der Waals surface area (Å²) in [5.41, 5.74) is 3.61. The first-order valence-electron chi connectivity index (χ1n) is 8.42. The van der Waals surface area contributed by atoms with Crippen molar-refractivity contribution in [2.24, 2.45) is 5.92 Å². The van der Waals surface area contributed by atoms with Crippen molar-refractivity contribution in [3.05, 3.63) is 65.9 Å². The summed E-state index contributed by atoms with van der Waals surface area (Å²) < 4.78 is 6.02. The summed E-state index contributed by atoms with van der Waals surface area (Å²) in [4.78, 5) is 16.6. The van der Waals surface area contributed by atoms with E-state index in [-0.39, 0.29) is 11.8 Å². The lowest BCUT2D eigenvalue weighted by Crippen LogP contribution is -2.18. The Hall–Kier alpha value is -2.88. The van der Waals surface area contributed by atoms with E-state index in [9.17, 15) is 4.79 Å². The van der Waals surface area contributed by atoms with Crippen LogP contribution in [0.3, 0.4) is 0 Å². The summed E-state index contributed by atoms with van der Waals surface area (Å²) >= 11 is 0. The van der Waals surface area contributed by atoms with Gasteiger partial charge in [-0.2, -0.15) is 0 Å². The largest absolute Gasteiger partial charge is 0.487 e. The molecule has 1 amide bonds. The Morgan fingerprint density at radius 3 is 2.64 bits per heavy atom. The zero-order valence-electron chi connectivity index (χ0n) is 14.7. The number of benzene rings is 2. The zero-order valence-corrected chi connectivity index (χ0v) is 14.7. The number of amides is 1. The highest BCUT2D eigenvalue weighted by Crippen LogP contribution is 2.34. The van der Waals surface area contributed by atoms with Crippen molar-refractivity contribution in [1.29, 1.82) is 0 Å². The van der Waals surface area contributed by atoms with Gasteiger partial charge in [-0.15, -0.1) is 0 Å². The van der Waals surface area contributed by atoms with Gasteiger partial charge in [0.2, 0.25) is 5.91 Å². The van der Waals surface area contributed by atoms with Crippen molar-refractivity contribution >= 4 is 22.5 Å². The van der Waals surface area contributed by atoms with Gasteiger partial charge in [-0.1, -0.05) is 44.2 Å². The monoisotopic (exact) mass is 334 g/mol. The molecule has 0 spiro atoms. The van der Waals surface area contributed by atoms with Gasteiger partial charge in [0.25, 0.3) is 0 Å². The fraction of sp³-hybridized carbons (Fsp3) is 0.238. The maximum atomic E-state index is 12.1. The van der Waals surface area contributed by atoms with E-state index in [2.05, 4.69) is 10.3 Å². The molecule has 0 saturated heterocycles. The van der Waals surface area contributed by atoms with Crippen LogP contribution in [0, 0.1) is 12.8 Å². The topological polar surface area (TPSA) is 51.2 Å². The molecule has 1 aromatic heterocycles. The Labute approximate surface area is 147 Å². The molecule has 0 unspecified atom stereocenters. The maximum absolute atomic E-state index is 12.1. The van der Waals surface area contributed by atoms with Crippen LogP contribution in [-0.2, 0) is 11.4 Å². The third-order valence-electron chi connectivity index (χ3n) is 4.06. The van der Waals surface area contributed by atoms with Crippen molar-refractivity contribution in [1.82, 2.24) is 4.98 Å². The van der Waals surface area contributed by atoms with E-state index in [4.69, 9.17) is 4.74 Å². The Kier molecular flexibility index (Phi) is 4.98. The fourth-order valence-electron chi connectivity index (χ4n) is 2.63. The van der Waals surface area contributed by atoms with E-state index in [1.54, 1.807) is 6.20 Å². The Balaban J connectivity index is 1.97. The minimum absolute atomic E-state index is 0.00814. The second kappa shape index (κ2) is 7.34. The zero-order chi connectivity index (χ0) is 17.8. The number of anilines is 1. The van der Waals surface area contributed by atoms with Gasteiger partial charge in [0.15, 0.2) is 0 Å². The predicted octanol–water partition coefficient (Wildman–Crippen LogP) is 4.72. The Morgan fingerprint density at radius 2 is 1.92 bits per heavy atom. The molecule has 0 aliphatic heterocycles. The molecule has 1 heterocycles. The fourth-order valence-corrected chi connectivity index (χ4v) is 2.63. The molecule has 128 valence electrons. The van der Waals surface area contributed by atoms with Gasteiger partial charge in [0.1, 0.15) is 17.9 Å². The summed E-state index contributed by atoms with van der Waals surface area (Å²) in [7, 11) is 0. The standard InChI is InChI=1S/C21H22N2O2/c1-14(2)21(24)23-19-15(3)12-18(20-17(19)10-7-11-22-20)25-13-16-8-5-4-6-9-16/h4-12,14H,13H2,1-3H3,(H,23,24). The van der Waals surface area contributed by atoms with Crippen LogP contribution in [0.4, 0.5) is 5.69 Å². The van der Waals surface area contributed by atoms with Crippen molar-refractivity contribution in [2.75, 3.05) is 5.32 Å². The molecule has 2 aromatic carbocycles. The van der Waals surface area contributed by atoms with Gasteiger partial charge >= 0.3 is 0 Å². The van der Waals surface area contributed by atoms with Crippen molar-refractivity contribution in [2.45, 2.75) is 27.4 Å². The van der Waals surface area contributed by atoms with Gasteiger partial charge in [-0.05, 0) is 36.2 Å². The van der Waals surface area contributed by atoms with Gasteiger partial charge in [-0.25, -0.2) is 0 Å². The number of fused-ring (bicyclic) bond motifs is 1. The van der Waals surface area contributed by atoms with Crippen LogP contribution in [0.5, 0.6) is 5.75 Å². The lowest BCUT2D eigenvalue weighted by molar-refractivity contribution is -0.118. The molecular weight excluding hydrogens is 312 g/mol. The summed E-state index contributed by atoms with van der Waals surface area (Å²) in [5, 5.41) is 3.91. The summed E-state index contributed by atoms with van der Waals surface area (Å²) in [6.07, 6.45) is 1.74. The number of hydrogen-bond acceptors (Lipinski definition) is 3. The van der Waals surface area contributed by atoms with Crippen LogP contribution in [-0.4, -0.2) is 10.9 Å². The number of nitrogens with zero attached hydrogens (tertiary/aromatic N) is 1. The van der Waals surface area contributed by atoms with Gasteiger partial charge < -0.3 is 10.1 Å². The number of rotatable bonds is 5. The SMILES string of the molecule is Cc1cc(OCc2ccccc2)c2ncccc2c1NC(=O)C(C)C. The average molecular weight is 334 g/mol. The maximum Gasteiger partial charge on any atom is 0.226 e. The number of carbonyl (C=O) groups is 1. The van der Waals surface area contributed by atoms with Crippen molar-refractivity contribution < 1.29 is 9.53 Å². The molecule has 0 saturated carbocycles. The number of aromatic nitrogens is 1. The molecule has 4 nitrogen and oxygen atoms in total. The third kappa shape index (κ3) is 3.79. The van der Waals surface area contributed by atoms with Crippen LogP contribution >= 0.6 is 0 Å². The first-order chi connectivity index (χ1) is 12.1. The van der Waals surface area contributed by atoms with E-state index in [0.717, 1.165) is 33.5 Å². The second-order valence-corrected chi connectivity index (χ2v) is 6.38. The summed E-state index contributed by atoms with van der Waals surface area (Å²) in [5.74, 6) is 0.630. The highest BCUT2D eigenvalue weighted by Gasteiger charge is 2.15. The second-order valence-electron chi connectivity index (χ2n) is 6.38. The molecule has 25 heavy (non-hydrogen) atoms. The van der Waals surface area contributed by atoms with Gasteiger partial charge in [0.05, 0.1) is 5.69 Å². The lowest BCUT2D eigenvalue weighted by Gasteiger charge is -2.16. The number of pyridine rings is 1. The number of aryl methyl sites for hydroxylation is 1. The molecule has 0 bridgehead atoms. The van der Waals surface area contributed by atoms with Crippen LogP contribution in [0.1, 0.15) is 25.0 Å². The van der Waals surface area contributed by atoms with E-state index in [1.165, 1.54) is 0 Å². The van der Waals surface area contributed by atoms with Crippen molar-refractivity contribution in [3.8, 4) is 5.75 Å². The van der Waals surface area contributed by atoms with Crippen LogP contribution in [0.25, 0.3) is 10.9 Å². The minimum Gasteiger partial charge on any atom is -0.487 e. The van der Waals surface area contributed by atoms with Crippen molar-refractivity contribution in [3.63, 3.8) is 0 Å². The van der Waals surface area contributed by atoms with E-state index >= 15 is 0 Å². The van der Waals surface area contributed by atoms with Crippen LogP contribution in [0.15, 0.2) is 54.7 Å². The van der Waals surface area contributed by atoms with E-state index in [1.807, 2.05) is 69.3 Å². The molecule has 3 rings (SSSR count). The first-order valence-corrected chi connectivity index (χ1v) is 8.42. The quantitative estimate of drug-likeness (QED) is 0.735. The normalized spacial score (nSPS) is 10.9. The smallest absolute Gasteiger partial charge is 0.226 e. The molecule has 0 fully saturated rings. The highest BCUT2D eigenvalue weighted by atomic mass is 16.5. The van der Waals surface area contributed by atoms with Crippen LogP contribution in [0.2, 0.25) is 0 Å². The van der Waals surface area contributed by atoms with Gasteiger partial charge in [-0.3, -0.25) is 9.78 Å². The first kappa shape index (κ1) is 17.0. The number of nitrogens with one attached hydrogen (secondary N) is 1. The molecular formula is C21H22N2O2. The number of ether oxygens (including phenoxy) is 1. The van der Waals surface area contributed by atoms with E-state index < -0.39 is 0 Å². The summed E-state index contributed by atoms with van der Waals surface area (Å²) in [6.45, 7) is 6.20. The Bertz CT molecular complexity index is 889. The molecule has 0 radical (unpaired) electrons. The minimum atomic E-state index is -0.0832.